The first kappa shape index (κ1) is 14.5. The lowest BCUT2D eigenvalue weighted by atomic mass is 10.2. The minimum Gasteiger partial charge on any atom is -0.304 e. The SMILES string of the molecule is O=c1[nH]c(C(F)(F)c2ncc(F)cn2)nc2c(Cl)cccc12. The monoisotopic (exact) mass is 326 g/mol. The van der Waals surface area contributed by atoms with Crippen LogP contribution in [0.4, 0.5) is 13.2 Å². The lowest BCUT2D eigenvalue weighted by molar-refractivity contribution is 0.0229. The van der Waals surface area contributed by atoms with Crippen LogP contribution in [-0.2, 0) is 5.92 Å². The molecule has 22 heavy (non-hydrogen) atoms. The van der Waals surface area contributed by atoms with E-state index >= 15 is 0 Å². The summed E-state index contributed by atoms with van der Waals surface area (Å²) in [5.41, 5.74) is -0.839. The summed E-state index contributed by atoms with van der Waals surface area (Å²) in [7, 11) is 0. The van der Waals surface area contributed by atoms with Crippen LogP contribution < -0.4 is 5.56 Å². The standard InChI is InChI=1S/C13H6ClF3N4O/c14-8-3-1-2-7-9(8)20-12(21-10(7)22)13(16,17)11-18-4-6(15)5-19-11/h1-5H,(H,20,21,22). The van der Waals surface area contributed by atoms with Crippen molar-refractivity contribution in [3.8, 4) is 0 Å². The summed E-state index contributed by atoms with van der Waals surface area (Å²) in [6.07, 6.45) is 1.20. The van der Waals surface area contributed by atoms with E-state index < -0.39 is 28.9 Å². The number of halogens is 4. The molecule has 0 amide bonds. The lowest BCUT2D eigenvalue weighted by Crippen LogP contribution is -2.26. The van der Waals surface area contributed by atoms with Crippen molar-refractivity contribution in [2.75, 3.05) is 0 Å². The van der Waals surface area contributed by atoms with Gasteiger partial charge in [-0.1, -0.05) is 17.7 Å². The molecular weight excluding hydrogens is 321 g/mol. The summed E-state index contributed by atoms with van der Waals surface area (Å²) < 4.78 is 41.4. The quantitative estimate of drug-likeness (QED) is 0.786. The number of nitrogens with zero attached hydrogens (tertiary/aromatic N) is 3. The fourth-order valence-electron chi connectivity index (χ4n) is 1.86. The van der Waals surface area contributed by atoms with Gasteiger partial charge in [0.15, 0.2) is 11.6 Å². The van der Waals surface area contributed by atoms with Gasteiger partial charge >= 0.3 is 5.92 Å². The van der Waals surface area contributed by atoms with Crippen molar-refractivity contribution in [3.05, 3.63) is 63.4 Å². The topological polar surface area (TPSA) is 71.5 Å². The number of rotatable bonds is 2. The molecule has 1 N–H and O–H groups in total. The smallest absolute Gasteiger partial charge is 0.304 e. The van der Waals surface area contributed by atoms with E-state index in [4.69, 9.17) is 11.6 Å². The highest BCUT2D eigenvalue weighted by Gasteiger charge is 2.40. The van der Waals surface area contributed by atoms with Crippen LogP contribution >= 0.6 is 11.6 Å². The summed E-state index contributed by atoms with van der Waals surface area (Å²) in [5, 5.41) is 0.132. The van der Waals surface area contributed by atoms with E-state index in [1.165, 1.54) is 18.2 Å². The Kier molecular flexibility index (Phi) is 3.32. The average molecular weight is 327 g/mol. The Balaban J connectivity index is 2.23. The number of alkyl halides is 2. The number of hydrogen-bond donors (Lipinski definition) is 1. The molecule has 0 atom stereocenters. The average Bonchev–Trinajstić information content (AvgIpc) is 2.48. The van der Waals surface area contributed by atoms with Gasteiger partial charge in [-0.3, -0.25) is 4.79 Å². The fraction of sp³-hybridized carbons (Fsp3) is 0.0769. The van der Waals surface area contributed by atoms with Gasteiger partial charge < -0.3 is 4.98 Å². The predicted octanol–water partition coefficient (Wildman–Crippen LogP) is 2.65. The van der Waals surface area contributed by atoms with Crippen molar-refractivity contribution >= 4 is 22.5 Å². The Morgan fingerprint density at radius 2 is 1.86 bits per heavy atom. The number of aromatic nitrogens is 4. The van der Waals surface area contributed by atoms with Gasteiger partial charge in [-0.2, -0.15) is 8.78 Å². The molecule has 0 unspecified atom stereocenters. The maximum Gasteiger partial charge on any atom is 0.363 e. The molecule has 1 aromatic carbocycles. The van der Waals surface area contributed by atoms with Crippen LogP contribution in [-0.4, -0.2) is 19.9 Å². The molecule has 5 nitrogen and oxygen atoms in total. The molecule has 9 heteroatoms. The van der Waals surface area contributed by atoms with Crippen molar-refractivity contribution in [3.63, 3.8) is 0 Å². The third-order valence-electron chi connectivity index (χ3n) is 2.89. The Hall–Kier alpha value is -2.48. The number of aromatic amines is 1. The molecule has 3 rings (SSSR count). The zero-order chi connectivity index (χ0) is 15.9. The molecule has 0 fully saturated rings. The highest BCUT2D eigenvalue weighted by molar-refractivity contribution is 6.34. The van der Waals surface area contributed by atoms with Gasteiger partial charge in [-0.15, -0.1) is 0 Å². The van der Waals surface area contributed by atoms with Crippen molar-refractivity contribution in [1.82, 2.24) is 19.9 Å². The molecule has 2 heterocycles. The fourth-order valence-corrected chi connectivity index (χ4v) is 2.07. The normalized spacial score (nSPS) is 11.8. The van der Waals surface area contributed by atoms with Crippen LogP contribution in [0.25, 0.3) is 10.9 Å². The molecule has 0 radical (unpaired) electrons. The zero-order valence-electron chi connectivity index (χ0n) is 10.6. The van der Waals surface area contributed by atoms with E-state index in [-0.39, 0.29) is 15.9 Å². The largest absolute Gasteiger partial charge is 0.363 e. The second kappa shape index (κ2) is 5.06. The van der Waals surface area contributed by atoms with Crippen LogP contribution in [0, 0.1) is 5.82 Å². The first-order valence-corrected chi connectivity index (χ1v) is 6.32. The Bertz CT molecular complexity index is 911. The lowest BCUT2D eigenvalue weighted by Gasteiger charge is -2.14. The van der Waals surface area contributed by atoms with Gasteiger partial charge in [0.05, 0.1) is 28.3 Å². The maximum atomic E-state index is 14.3. The first-order chi connectivity index (χ1) is 10.4. The number of hydrogen-bond acceptors (Lipinski definition) is 4. The second-order valence-electron chi connectivity index (χ2n) is 4.35. The summed E-state index contributed by atoms with van der Waals surface area (Å²) in [4.78, 5) is 24.0. The summed E-state index contributed by atoms with van der Waals surface area (Å²) in [6.45, 7) is 0. The molecular formula is C13H6ClF3N4O. The third kappa shape index (κ3) is 2.31. The minimum absolute atomic E-state index is 0.0562. The van der Waals surface area contributed by atoms with E-state index in [9.17, 15) is 18.0 Å². The number of benzene rings is 1. The number of nitrogens with one attached hydrogen (secondary N) is 1. The highest BCUT2D eigenvalue weighted by Crippen LogP contribution is 2.31. The predicted molar refractivity (Wildman–Crippen MR) is 72.4 cm³/mol. The van der Waals surface area contributed by atoms with Gasteiger partial charge in [0.2, 0.25) is 5.82 Å². The van der Waals surface area contributed by atoms with Gasteiger partial charge in [-0.25, -0.2) is 19.3 Å². The van der Waals surface area contributed by atoms with Crippen LogP contribution in [0.15, 0.2) is 35.4 Å². The van der Waals surface area contributed by atoms with Crippen molar-refractivity contribution in [1.29, 1.82) is 0 Å². The summed E-state index contributed by atoms with van der Waals surface area (Å²) >= 11 is 5.88. The van der Waals surface area contributed by atoms with Gasteiger partial charge in [-0.05, 0) is 12.1 Å². The van der Waals surface area contributed by atoms with Crippen molar-refractivity contribution in [2.24, 2.45) is 0 Å². The van der Waals surface area contributed by atoms with Crippen molar-refractivity contribution in [2.45, 2.75) is 5.92 Å². The molecule has 0 saturated carbocycles. The second-order valence-corrected chi connectivity index (χ2v) is 4.76. The number of H-pyrrole nitrogens is 1. The number of para-hydroxylation sites is 1. The summed E-state index contributed by atoms with van der Waals surface area (Å²) in [6, 6.07) is 4.33. The highest BCUT2D eigenvalue weighted by atomic mass is 35.5. The minimum atomic E-state index is -3.81. The first-order valence-electron chi connectivity index (χ1n) is 5.94. The van der Waals surface area contributed by atoms with Crippen LogP contribution in [0.1, 0.15) is 11.6 Å². The molecule has 0 bridgehead atoms. The molecule has 0 aliphatic rings. The van der Waals surface area contributed by atoms with E-state index in [2.05, 4.69) is 15.0 Å². The molecule has 0 spiro atoms. The van der Waals surface area contributed by atoms with Gasteiger partial charge in [0.25, 0.3) is 5.56 Å². The van der Waals surface area contributed by atoms with Crippen LogP contribution in [0.5, 0.6) is 0 Å². The molecule has 0 aliphatic heterocycles. The van der Waals surface area contributed by atoms with Crippen LogP contribution in [0.2, 0.25) is 5.02 Å². The van der Waals surface area contributed by atoms with E-state index in [0.29, 0.717) is 12.4 Å². The summed E-state index contributed by atoms with van der Waals surface area (Å²) in [5.74, 6) is -6.61. The maximum absolute atomic E-state index is 14.3. The van der Waals surface area contributed by atoms with Gasteiger partial charge in [0, 0.05) is 0 Å². The van der Waals surface area contributed by atoms with Crippen molar-refractivity contribution < 1.29 is 13.2 Å². The van der Waals surface area contributed by atoms with Crippen LogP contribution in [0.3, 0.4) is 0 Å². The molecule has 0 aliphatic carbocycles. The van der Waals surface area contributed by atoms with E-state index in [1.54, 1.807) is 0 Å². The molecule has 3 aromatic rings. The molecule has 112 valence electrons. The Labute approximate surface area is 125 Å². The molecule has 0 saturated heterocycles. The number of fused-ring (bicyclic) bond motifs is 1. The third-order valence-corrected chi connectivity index (χ3v) is 3.19. The van der Waals surface area contributed by atoms with E-state index in [0.717, 1.165) is 0 Å². The van der Waals surface area contributed by atoms with Gasteiger partial charge in [0.1, 0.15) is 0 Å². The Morgan fingerprint density at radius 3 is 2.55 bits per heavy atom. The van der Waals surface area contributed by atoms with E-state index in [1.807, 2.05) is 4.98 Å². The molecule has 2 aromatic heterocycles. The zero-order valence-corrected chi connectivity index (χ0v) is 11.4. The Morgan fingerprint density at radius 1 is 1.18 bits per heavy atom.